The molecule has 1 aromatic rings. The summed E-state index contributed by atoms with van der Waals surface area (Å²) in [5, 5.41) is 3.37. The summed E-state index contributed by atoms with van der Waals surface area (Å²) in [6.07, 6.45) is 7.27. The van der Waals surface area contributed by atoms with Gasteiger partial charge in [0.2, 0.25) is 0 Å². The lowest BCUT2D eigenvalue weighted by molar-refractivity contribution is 0.332. The Morgan fingerprint density at radius 1 is 1.37 bits per heavy atom. The van der Waals surface area contributed by atoms with Crippen LogP contribution in [0.25, 0.3) is 0 Å². The zero-order chi connectivity index (χ0) is 13.9. The van der Waals surface area contributed by atoms with E-state index in [2.05, 4.69) is 10.3 Å². The number of sulfone groups is 1. The number of rotatable bonds is 4. The molecular formula is C13H21N3O2S. The molecule has 1 aliphatic rings. The fourth-order valence-electron chi connectivity index (χ4n) is 2.55. The number of nitrogens with zero attached hydrogens (tertiary/aromatic N) is 1. The second-order valence-corrected chi connectivity index (χ2v) is 7.20. The second kappa shape index (κ2) is 5.88. The van der Waals surface area contributed by atoms with Crippen molar-refractivity contribution in [2.24, 2.45) is 11.7 Å². The van der Waals surface area contributed by atoms with Crippen LogP contribution in [0.4, 0.5) is 5.82 Å². The molecule has 6 heteroatoms. The van der Waals surface area contributed by atoms with E-state index in [0.29, 0.717) is 18.5 Å². The van der Waals surface area contributed by atoms with Crippen molar-refractivity contribution < 1.29 is 8.42 Å². The SMILES string of the molecule is CS(=O)(=O)c1ccc(NC2CCCCC2CN)nc1. The Balaban J connectivity index is 2.06. The van der Waals surface area contributed by atoms with E-state index in [4.69, 9.17) is 5.73 Å². The third-order valence-corrected chi connectivity index (χ3v) is 4.81. The average molecular weight is 283 g/mol. The predicted octanol–water partition coefficient (Wildman–Crippen LogP) is 1.41. The fraction of sp³-hybridized carbons (Fsp3) is 0.615. The fourth-order valence-corrected chi connectivity index (χ4v) is 3.11. The van der Waals surface area contributed by atoms with Crippen molar-refractivity contribution in [3.05, 3.63) is 18.3 Å². The quantitative estimate of drug-likeness (QED) is 0.873. The minimum atomic E-state index is -3.18. The standard InChI is InChI=1S/C13H21N3O2S/c1-19(17,18)11-6-7-13(15-9-11)16-12-5-3-2-4-10(12)8-14/h6-7,9-10,12H,2-5,8,14H2,1H3,(H,15,16). The summed E-state index contributed by atoms with van der Waals surface area (Å²) in [5.41, 5.74) is 5.79. The molecule has 1 fully saturated rings. The molecule has 0 aromatic carbocycles. The van der Waals surface area contributed by atoms with Crippen LogP contribution in [0, 0.1) is 5.92 Å². The molecule has 0 radical (unpaired) electrons. The molecule has 5 nitrogen and oxygen atoms in total. The van der Waals surface area contributed by atoms with Gasteiger partial charge in [-0.25, -0.2) is 13.4 Å². The minimum absolute atomic E-state index is 0.247. The Morgan fingerprint density at radius 3 is 2.68 bits per heavy atom. The van der Waals surface area contributed by atoms with Crippen LogP contribution < -0.4 is 11.1 Å². The molecule has 2 unspecified atom stereocenters. The molecule has 0 amide bonds. The molecule has 1 saturated carbocycles. The summed E-state index contributed by atoms with van der Waals surface area (Å²) >= 11 is 0. The lowest BCUT2D eigenvalue weighted by atomic mass is 9.84. The maximum Gasteiger partial charge on any atom is 0.177 e. The van der Waals surface area contributed by atoms with Gasteiger partial charge >= 0.3 is 0 Å². The van der Waals surface area contributed by atoms with Gasteiger partial charge in [0, 0.05) is 18.5 Å². The highest BCUT2D eigenvalue weighted by Crippen LogP contribution is 2.26. The largest absolute Gasteiger partial charge is 0.367 e. The smallest absolute Gasteiger partial charge is 0.177 e. The van der Waals surface area contributed by atoms with Gasteiger partial charge in [-0.1, -0.05) is 12.8 Å². The number of hydrogen-bond donors (Lipinski definition) is 2. The Hall–Kier alpha value is -1.14. The molecule has 2 atom stereocenters. The predicted molar refractivity (Wildman–Crippen MR) is 75.8 cm³/mol. The first-order chi connectivity index (χ1) is 9.00. The molecule has 3 N–H and O–H groups in total. The van der Waals surface area contributed by atoms with Crippen molar-refractivity contribution in [3.8, 4) is 0 Å². The molecule has 2 rings (SSSR count). The molecule has 106 valence electrons. The summed E-state index contributed by atoms with van der Waals surface area (Å²) in [5.74, 6) is 1.20. The molecule has 1 aromatic heterocycles. The van der Waals surface area contributed by atoms with Gasteiger partial charge < -0.3 is 11.1 Å². The van der Waals surface area contributed by atoms with Crippen molar-refractivity contribution >= 4 is 15.7 Å². The van der Waals surface area contributed by atoms with Gasteiger partial charge in [-0.2, -0.15) is 0 Å². The number of hydrogen-bond acceptors (Lipinski definition) is 5. The van der Waals surface area contributed by atoms with Crippen molar-refractivity contribution in [1.29, 1.82) is 0 Å². The Bertz CT molecular complexity index is 513. The van der Waals surface area contributed by atoms with Gasteiger partial charge in [-0.3, -0.25) is 0 Å². The van der Waals surface area contributed by atoms with Crippen LogP contribution >= 0.6 is 0 Å². The van der Waals surface area contributed by atoms with Crippen LogP contribution in [0.2, 0.25) is 0 Å². The van der Waals surface area contributed by atoms with Gasteiger partial charge in [0.25, 0.3) is 0 Å². The number of anilines is 1. The normalized spacial score (nSPS) is 24.1. The molecule has 19 heavy (non-hydrogen) atoms. The summed E-state index contributed by atoms with van der Waals surface area (Å²) in [6, 6.07) is 3.65. The number of pyridine rings is 1. The molecule has 1 heterocycles. The van der Waals surface area contributed by atoms with Crippen molar-refractivity contribution in [1.82, 2.24) is 4.98 Å². The van der Waals surface area contributed by atoms with E-state index in [9.17, 15) is 8.42 Å². The monoisotopic (exact) mass is 283 g/mol. The number of nitrogens with one attached hydrogen (secondary N) is 1. The second-order valence-electron chi connectivity index (χ2n) is 5.18. The van der Waals surface area contributed by atoms with Crippen LogP contribution in [0.5, 0.6) is 0 Å². The van der Waals surface area contributed by atoms with Crippen molar-refractivity contribution in [2.45, 2.75) is 36.6 Å². The van der Waals surface area contributed by atoms with Gasteiger partial charge in [-0.15, -0.1) is 0 Å². The molecule has 0 saturated heterocycles. The zero-order valence-corrected chi connectivity index (χ0v) is 12.0. The van der Waals surface area contributed by atoms with Crippen LogP contribution in [-0.4, -0.2) is 32.2 Å². The Labute approximate surface area is 114 Å². The van der Waals surface area contributed by atoms with E-state index in [1.165, 1.54) is 25.3 Å². The third-order valence-electron chi connectivity index (χ3n) is 3.71. The van der Waals surface area contributed by atoms with Crippen molar-refractivity contribution in [2.75, 3.05) is 18.1 Å². The average Bonchev–Trinajstić information content (AvgIpc) is 2.39. The highest BCUT2D eigenvalue weighted by atomic mass is 32.2. The van der Waals surface area contributed by atoms with Gasteiger partial charge in [0.1, 0.15) is 5.82 Å². The van der Waals surface area contributed by atoms with Gasteiger partial charge in [-0.05, 0) is 37.4 Å². The minimum Gasteiger partial charge on any atom is -0.367 e. The first kappa shape index (κ1) is 14.3. The highest BCUT2D eigenvalue weighted by Gasteiger charge is 2.24. The lowest BCUT2D eigenvalue weighted by Crippen LogP contribution is -2.36. The van der Waals surface area contributed by atoms with E-state index < -0.39 is 9.84 Å². The van der Waals surface area contributed by atoms with E-state index in [1.807, 2.05) is 0 Å². The number of nitrogens with two attached hydrogens (primary N) is 1. The first-order valence-corrected chi connectivity index (χ1v) is 8.52. The topological polar surface area (TPSA) is 85.1 Å². The lowest BCUT2D eigenvalue weighted by Gasteiger charge is -2.31. The van der Waals surface area contributed by atoms with E-state index >= 15 is 0 Å². The van der Waals surface area contributed by atoms with Gasteiger partial charge in [0.05, 0.1) is 4.90 Å². The summed E-state index contributed by atoms with van der Waals surface area (Å²) in [7, 11) is -3.18. The molecule has 0 aliphatic heterocycles. The van der Waals surface area contributed by atoms with Crippen LogP contribution in [-0.2, 0) is 9.84 Å². The van der Waals surface area contributed by atoms with E-state index in [0.717, 1.165) is 18.7 Å². The molecule has 1 aliphatic carbocycles. The molecule has 0 spiro atoms. The summed E-state index contributed by atoms with van der Waals surface area (Å²) in [4.78, 5) is 4.42. The van der Waals surface area contributed by atoms with E-state index in [-0.39, 0.29) is 4.90 Å². The summed E-state index contributed by atoms with van der Waals surface area (Å²) < 4.78 is 22.7. The zero-order valence-electron chi connectivity index (χ0n) is 11.2. The first-order valence-electron chi connectivity index (χ1n) is 6.63. The van der Waals surface area contributed by atoms with Crippen LogP contribution in [0.1, 0.15) is 25.7 Å². The number of aromatic nitrogens is 1. The Kier molecular flexibility index (Phi) is 4.42. The third kappa shape index (κ3) is 3.67. The Morgan fingerprint density at radius 2 is 2.11 bits per heavy atom. The maximum atomic E-state index is 11.4. The molecule has 0 bridgehead atoms. The summed E-state index contributed by atoms with van der Waals surface area (Å²) in [6.45, 7) is 0.680. The van der Waals surface area contributed by atoms with Crippen LogP contribution in [0.15, 0.2) is 23.2 Å². The van der Waals surface area contributed by atoms with Gasteiger partial charge in [0.15, 0.2) is 9.84 Å². The van der Waals surface area contributed by atoms with Crippen molar-refractivity contribution in [3.63, 3.8) is 0 Å². The van der Waals surface area contributed by atoms with E-state index in [1.54, 1.807) is 12.1 Å². The van der Waals surface area contributed by atoms with Crippen LogP contribution in [0.3, 0.4) is 0 Å². The maximum absolute atomic E-state index is 11.4. The highest BCUT2D eigenvalue weighted by molar-refractivity contribution is 7.90. The molecular weight excluding hydrogens is 262 g/mol.